The van der Waals surface area contributed by atoms with E-state index in [4.69, 9.17) is 0 Å². The van der Waals surface area contributed by atoms with Crippen molar-refractivity contribution in [3.63, 3.8) is 0 Å². The van der Waals surface area contributed by atoms with Crippen LogP contribution in [0.25, 0.3) is 0 Å². The van der Waals surface area contributed by atoms with E-state index in [-0.39, 0.29) is 0 Å². The monoisotopic (exact) mass is 219 g/mol. The minimum Gasteiger partial charge on any atom is -0.370 e. The molecular formula is C13H21N3. The highest BCUT2D eigenvalue weighted by Crippen LogP contribution is 2.15. The molecule has 1 atom stereocenters. The average molecular weight is 219 g/mol. The molecule has 0 saturated carbocycles. The number of hydrogen-bond donors (Lipinski definition) is 1. The molecule has 0 radical (unpaired) electrons. The first-order chi connectivity index (χ1) is 7.90. The van der Waals surface area contributed by atoms with Gasteiger partial charge in [-0.15, -0.1) is 0 Å². The third-order valence-corrected chi connectivity index (χ3v) is 3.26. The summed E-state index contributed by atoms with van der Waals surface area (Å²) < 4.78 is 0. The largest absolute Gasteiger partial charge is 0.370 e. The van der Waals surface area contributed by atoms with Crippen molar-refractivity contribution in [1.82, 2.24) is 10.3 Å². The van der Waals surface area contributed by atoms with Gasteiger partial charge in [-0.25, -0.2) is 0 Å². The second-order valence-electron chi connectivity index (χ2n) is 4.39. The molecule has 1 aromatic heterocycles. The van der Waals surface area contributed by atoms with Crippen molar-refractivity contribution in [2.45, 2.75) is 32.2 Å². The van der Waals surface area contributed by atoms with Gasteiger partial charge < -0.3 is 10.2 Å². The van der Waals surface area contributed by atoms with Gasteiger partial charge in [0.15, 0.2) is 0 Å². The molecule has 88 valence electrons. The van der Waals surface area contributed by atoms with Gasteiger partial charge in [-0.05, 0) is 38.4 Å². The number of nitrogens with zero attached hydrogens (tertiary/aromatic N) is 2. The number of hydrogen-bond acceptors (Lipinski definition) is 3. The highest BCUT2D eigenvalue weighted by Gasteiger charge is 2.15. The van der Waals surface area contributed by atoms with Gasteiger partial charge in [0.05, 0.1) is 0 Å². The predicted molar refractivity (Wildman–Crippen MR) is 67.8 cm³/mol. The van der Waals surface area contributed by atoms with E-state index in [9.17, 15) is 0 Å². The van der Waals surface area contributed by atoms with Crippen LogP contribution in [-0.4, -0.2) is 30.7 Å². The van der Waals surface area contributed by atoms with E-state index < -0.39 is 0 Å². The molecule has 0 amide bonds. The maximum atomic E-state index is 4.07. The molecule has 1 aliphatic heterocycles. The molecule has 0 aliphatic carbocycles. The van der Waals surface area contributed by atoms with Crippen LogP contribution < -0.4 is 10.2 Å². The first-order valence-corrected chi connectivity index (χ1v) is 6.28. The number of anilines is 1. The van der Waals surface area contributed by atoms with Gasteiger partial charge in [0.2, 0.25) is 0 Å². The summed E-state index contributed by atoms with van der Waals surface area (Å²) in [6, 6.07) is 4.83. The van der Waals surface area contributed by atoms with Crippen LogP contribution >= 0.6 is 0 Å². The Labute approximate surface area is 97.9 Å². The van der Waals surface area contributed by atoms with E-state index in [1.54, 1.807) is 0 Å². The molecule has 2 heterocycles. The lowest BCUT2D eigenvalue weighted by Crippen LogP contribution is -2.43. The molecule has 0 spiro atoms. The lowest BCUT2D eigenvalue weighted by molar-refractivity contribution is 0.400. The molecule has 3 heteroatoms. The fraction of sp³-hybridized carbons (Fsp3) is 0.615. The summed E-state index contributed by atoms with van der Waals surface area (Å²) in [7, 11) is 0. The van der Waals surface area contributed by atoms with Gasteiger partial charge in [0.25, 0.3) is 0 Å². The molecule has 2 rings (SSSR count). The fourth-order valence-electron chi connectivity index (χ4n) is 2.32. The highest BCUT2D eigenvalue weighted by molar-refractivity contribution is 5.44. The van der Waals surface area contributed by atoms with E-state index >= 15 is 0 Å². The van der Waals surface area contributed by atoms with Crippen LogP contribution in [0.4, 0.5) is 5.69 Å². The van der Waals surface area contributed by atoms with Crippen molar-refractivity contribution in [2.75, 3.05) is 24.5 Å². The smallest absolute Gasteiger partial charge is 0.0397 e. The van der Waals surface area contributed by atoms with Crippen LogP contribution in [0.2, 0.25) is 0 Å². The quantitative estimate of drug-likeness (QED) is 0.840. The number of nitrogens with one attached hydrogen (secondary N) is 1. The Morgan fingerprint density at radius 3 is 2.81 bits per heavy atom. The molecule has 1 unspecified atom stereocenters. The van der Waals surface area contributed by atoms with Crippen LogP contribution in [-0.2, 0) is 0 Å². The van der Waals surface area contributed by atoms with Crippen molar-refractivity contribution in [2.24, 2.45) is 0 Å². The van der Waals surface area contributed by atoms with Crippen molar-refractivity contribution >= 4 is 5.69 Å². The van der Waals surface area contributed by atoms with Crippen LogP contribution in [0.15, 0.2) is 24.5 Å². The molecule has 0 aromatic carbocycles. The van der Waals surface area contributed by atoms with Crippen molar-refractivity contribution in [1.29, 1.82) is 0 Å². The number of aromatic nitrogens is 1. The first kappa shape index (κ1) is 11.4. The van der Waals surface area contributed by atoms with E-state index in [1.807, 2.05) is 12.4 Å². The fourth-order valence-corrected chi connectivity index (χ4v) is 2.32. The van der Waals surface area contributed by atoms with Crippen LogP contribution in [0.5, 0.6) is 0 Å². The summed E-state index contributed by atoms with van der Waals surface area (Å²) in [5.74, 6) is 0. The lowest BCUT2D eigenvalue weighted by Gasteiger charge is -2.31. The van der Waals surface area contributed by atoms with E-state index in [0.29, 0.717) is 6.04 Å². The molecule has 1 fully saturated rings. The molecule has 0 bridgehead atoms. The molecule has 3 nitrogen and oxygen atoms in total. The second kappa shape index (κ2) is 5.85. The summed E-state index contributed by atoms with van der Waals surface area (Å²) in [4.78, 5) is 6.49. The van der Waals surface area contributed by atoms with Crippen molar-refractivity contribution < 1.29 is 0 Å². The summed E-state index contributed by atoms with van der Waals surface area (Å²) in [5.41, 5.74) is 1.28. The minimum atomic E-state index is 0.655. The van der Waals surface area contributed by atoms with E-state index in [2.05, 4.69) is 34.3 Å². The van der Waals surface area contributed by atoms with Crippen molar-refractivity contribution in [3.05, 3.63) is 24.5 Å². The predicted octanol–water partition coefficient (Wildman–Crippen LogP) is 2.05. The Kier molecular flexibility index (Phi) is 4.17. The molecule has 1 N–H and O–H groups in total. The lowest BCUT2D eigenvalue weighted by atomic mass is 10.0. The van der Waals surface area contributed by atoms with Gasteiger partial charge in [-0.1, -0.05) is 6.42 Å². The average Bonchev–Trinajstić information content (AvgIpc) is 2.38. The van der Waals surface area contributed by atoms with Crippen LogP contribution in [0, 0.1) is 0 Å². The number of piperidine rings is 1. The van der Waals surface area contributed by atoms with Gasteiger partial charge in [-0.3, -0.25) is 4.98 Å². The number of rotatable bonds is 4. The first-order valence-electron chi connectivity index (χ1n) is 6.28. The van der Waals surface area contributed by atoms with Gasteiger partial charge >= 0.3 is 0 Å². The standard InChI is InChI=1S/C13H21N3/c1-2-16(13-6-9-14-10-7-13)11-12-5-3-4-8-15-12/h6-7,9-10,12,15H,2-5,8,11H2,1H3. The summed E-state index contributed by atoms with van der Waals surface area (Å²) in [5, 5.41) is 3.60. The molecule has 1 saturated heterocycles. The Morgan fingerprint density at radius 1 is 1.38 bits per heavy atom. The molecular weight excluding hydrogens is 198 g/mol. The zero-order chi connectivity index (χ0) is 11.2. The maximum Gasteiger partial charge on any atom is 0.0397 e. The van der Waals surface area contributed by atoms with Gasteiger partial charge in [0, 0.05) is 37.2 Å². The molecule has 16 heavy (non-hydrogen) atoms. The summed E-state index contributed by atoms with van der Waals surface area (Å²) in [6.07, 6.45) is 7.74. The van der Waals surface area contributed by atoms with Crippen molar-refractivity contribution in [3.8, 4) is 0 Å². The van der Waals surface area contributed by atoms with Crippen LogP contribution in [0.3, 0.4) is 0 Å². The third kappa shape index (κ3) is 2.95. The van der Waals surface area contributed by atoms with E-state index in [1.165, 1.54) is 31.5 Å². The summed E-state index contributed by atoms with van der Waals surface area (Å²) >= 11 is 0. The van der Waals surface area contributed by atoms with E-state index in [0.717, 1.165) is 13.1 Å². The summed E-state index contributed by atoms with van der Waals surface area (Å²) in [6.45, 7) is 5.56. The minimum absolute atomic E-state index is 0.655. The Balaban J connectivity index is 1.94. The zero-order valence-corrected chi connectivity index (χ0v) is 10.0. The topological polar surface area (TPSA) is 28.2 Å². The zero-order valence-electron chi connectivity index (χ0n) is 10.0. The normalized spacial score (nSPS) is 20.7. The Bertz CT molecular complexity index is 293. The maximum absolute atomic E-state index is 4.07. The second-order valence-corrected chi connectivity index (χ2v) is 4.39. The highest BCUT2D eigenvalue weighted by atomic mass is 15.2. The number of likely N-dealkylation sites (N-methyl/N-ethyl adjacent to an activating group) is 1. The van der Waals surface area contributed by atoms with Crippen LogP contribution in [0.1, 0.15) is 26.2 Å². The molecule has 1 aromatic rings. The molecule has 1 aliphatic rings. The van der Waals surface area contributed by atoms with Gasteiger partial charge in [0.1, 0.15) is 0 Å². The number of pyridine rings is 1. The SMILES string of the molecule is CCN(CC1CCCCN1)c1ccncc1. The Morgan fingerprint density at radius 2 is 2.19 bits per heavy atom. The van der Waals surface area contributed by atoms with Gasteiger partial charge in [-0.2, -0.15) is 0 Å². The Hall–Kier alpha value is -1.09. The third-order valence-electron chi connectivity index (χ3n) is 3.26.